The maximum absolute atomic E-state index is 12.2. The Bertz CT molecular complexity index is 758. The summed E-state index contributed by atoms with van der Waals surface area (Å²) in [5.74, 6) is -0.623. The Labute approximate surface area is 153 Å². The maximum Gasteiger partial charge on any atom is 0.422 e. The standard InChI is InChI=1S/C18H18F3N3O3/c19-18(20,21)11-27-16-6-3-13(9-23-16)17(25)24-14-4-1-12(2-5-14)15-10-22-7-8-26-15/h1-6,9,15,22H,7-8,10-11H2,(H,24,25). The first-order chi connectivity index (χ1) is 12.9. The molecule has 6 nitrogen and oxygen atoms in total. The molecule has 1 aromatic heterocycles. The third kappa shape index (κ3) is 5.66. The number of morpholine rings is 1. The summed E-state index contributed by atoms with van der Waals surface area (Å²) in [7, 11) is 0. The average molecular weight is 381 g/mol. The molecular weight excluding hydrogens is 363 g/mol. The lowest BCUT2D eigenvalue weighted by Crippen LogP contribution is -2.33. The summed E-state index contributed by atoms with van der Waals surface area (Å²) in [6, 6.07) is 9.85. The Morgan fingerprint density at radius 3 is 2.63 bits per heavy atom. The minimum absolute atomic E-state index is 0.0167. The summed E-state index contributed by atoms with van der Waals surface area (Å²) in [5, 5.41) is 5.96. The molecule has 0 saturated carbocycles. The number of ether oxygens (including phenoxy) is 2. The summed E-state index contributed by atoms with van der Waals surface area (Å²) < 4.78 is 46.5. The van der Waals surface area contributed by atoms with Crippen LogP contribution < -0.4 is 15.4 Å². The lowest BCUT2D eigenvalue weighted by Gasteiger charge is -2.24. The molecule has 0 bridgehead atoms. The number of rotatable bonds is 5. The van der Waals surface area contributed by atoms with Crippen molar-refractivity contribution in [2.45, 2.75) is 12.3 Å². The van der Waals surface area contributed by atoms with Gasteiger partial charge in [0, 0.05) is 31.0 Å². The second-order valence-electron chi connectivity index (χ2n) is 5.93. The fourth-order valence-electron chi connectivity index (χ4n) is 2.52. The number of nitrogens with zero attached hydrogens (tertiary/aromatic N) is 1. The molecule has 1 aliphatic rings. The van der Waals surface area contributed by atoms with Gasteiger partial charge in [0.15, 0.2) is 6.61 Å². The number of aromatic nitrogens is 1. The fraction of sp³-hybridized carbons (Fsp3) is 0.333. The predicted molar refractivity (Wildman–Crippen MR) is 91.7 cm³/mol. The molecule has 1 amide bonds. The van der Waals surface area contributed by atoms with Crippen LogP contribution in [0.4, 0.5) is 18.9 Å². The van der Waals surface area contributed by atoms with Crippen LogP contribution in [0.3, 0.4) is 0 Å². The molecule has 1 fully saturated rings. The van der Waals surface area contributed by atoms with Gasteiger partial charge < -0.3 is 20.1 Å². The van der Waals surface area contributed by atoms with E-state index in [0.29, 0.717) is 12.3 Å². The fourth-order valence-corrected chi connectivity index (χ4v) is 2.52. The van der Waals surface area contributed by atoms with Crippen LogP contribution in [0.15, 0.2) is 42.6 Å². The second-order valence-corrected chi connectivity index (χ2v) is 5.93. The van der Waals surface area contributed by atoms with E-state index in [1.54, 1.807) is 12.1 Å². The van der Waals surface area contributed by atoms with E-state index in [2.05, 4.69) is 20.4 Å². The number of amides is 1. The summed E-state index contributed by atoms with van der Waals surface area (Å²) in [6.45, 7) is 0.787. The van der Waals surface area contributed by atoms with Gasteiger partial charge in [0.2, 0.25) is 5.88 Å². The van der Waals surface area contributed by atoms with Crippen LogP contribution in [0.2, 0.25) is 0 Å². The third-order valence-electron chi connectivity index (χ3n) is 3.85. The molecule has 1 saturated heterocycles. The van der Waals surface area contributed by atoms with Crippen molar-refractivity contribution < 1.29 is 27.4 Å². The average Bonchev–Trinajstić information content (AvgIpc) is 2.67. The molecule has 2 aromatic rings. The van der Waals surface area contributed by atoms with Crippen LogP contribution in [0.1, 0.15) is 22.0 Å². The monoisotopic (exact) mass is 381 g/mol. The molecule has 0 radical (unpaired) electrons. The predicted octanol–water partition coefficient (Wildman–Crippen LogP) is 2.94. The topological polar surface area (TPSA) is 72.5 Å². The third-order valence-corrected chi connectivity index (χ3v) is 3.85. The quantitative estimate of drug-likeness (QED) is 0.833. The Hall–Kier alpha value is -2.65. The number of alkyl halides is 3. The molecule has 0 aliphatic carbocycles. The molecule has 144 valence electrons. The van der Waals surface area contributed by atoms with Gasteiger partial charge in [-0.15, -0.1) is 0 Å². The highest BCUT2D eigenvalue weighted by atomic mass is 19.4. The first-order valence-corrected chi connectivity index (χ1v) is 8.30. The SMILES string of the molecule is O=C(Nc1ccc(C2CNCCO2)cc1)c1ccc(OCC(F)(F)F)nc1. The van der Waals surface area contributed by atoms with Crippen LogP contribution in [0.25, 0.3) is 0 Å². The van der Waals surface area contributed by atoms with Crippen molar-refractivity contribution in [3.05, 3.63) is 53.7 Å². The van der Waals surface area contributed by atoms with Gasteiger partial charge >= 0.3 is 6.18 Å². The van der Waals surface area contributed by atoms with E-state index >= 15 is 0 Å². The van der Waals surface area contributed by atoms with Crippen molar-refractivity contribution in [3.63, 3.8) is 0 Å². The minimum Gasteiger partial charge on any atom is -0.468 e. The van der Waals surface area contributed by atoms with Crippen molar-refractivity contribution in [3.8, 4) is 5.88 Å². The molecule has 1 aromatic carbocycles. The molecular formula is C18H18F3N3O3. The maximum atomic E-state index is 12.2. The lowest BCUT2D eigenvalue weighted by molar-refractivity contribution is -0.154. The van der Waals surface area contributed by atoms with Crippen LogP contribution in [0, 0.1) is 0 Å². The molecule has 0 spiro atoms. The zero-order valence-electron chi connectivity index (χ0n) is 14.3. The van der Waals surface area contributed by atoms with Gasteiger partial charge in [-0.25, -0.2) is 4.98 Å². The number of nitrogens with one attached hydrogen (secondary N) is 2. The highest BCUT2D eigenvalue weighted by Gasteiger charge is 2.28. The van der Waals surface area contributed by atoms with Crippen LogP contribution in [-0.4, -0.2) is 43.4 Å². The van der Waals surface area contributed by atoms with Gasteiger partial charge in [-0.2, -0.15) is 13.2 Å². The molecule has 1 unspecified atom stereocenters. The Kier molecular flexibility index (Phi) is 5.92. The zero-order valence-corrected chi connectivity index (χ0v) is 14.3. The lowest BCUT2D eigenvalue weighted by atomic mass is 10.1. The van der Waals surface area contributed by atoms with Crippen molar-refractivity contribution in [1.29, 1.82) is 0 Å². The summed E-state index contributed by atoms with van der Waals surface area (Å²) in [4.78, 5) is 15.9. The van der Waals surface area contributed by atoms with E-state index in [0.717, 1.165) is 24.8 Å². The smallest absolute Gasteiger partial charge is 0.422 e. The number of hydrogen-bond donors (Lipinski definition) is 2. The van der Waals surface area contributed by atoms with E-state index in [-0.39, 0.29) is 17.5 Å². The summed E-state index contributed by atoms with van der Waals surface area (Å²) in [6.07, 6.45) is -3.29. The number of pyridine rings is 1. The number of halogens is 3. The number of hydrogen-bond acceptors (Lipinski definition) is 5. The number of anilines is 1. The van der Waals surface area contributed by atoms with Gasteiger partial charge in [0.1, 0.15) is 0 Å². The normalized spacial score (nSPS) is 17.4. The van der Waals surface area contributed by atoms with Gasteiger partial charge in [-0.05, 0) is 23.8 Å². The molecule has 1 aliphatic heterocycles. The van der Waals surface area contributed by atoms with E-state index in [1.165, 1.54) is 12.1 Å². The van der Waals surface area contributed by atoms with Gasteiger partial charge in [-0.1, -0.05) is 12.1 Å². The molecule has 1 atom stereocenters. The van der Waals surface area contributed by atoms with Gasteiger partial charge in [0.05, 0.1) is 18.3 Å². The molecule has 3 rings (SSSR count). The number of benzene rings is 1. The van der Waals surface area contributed by atoms with Crippen molar-refractivity contribution in [1.82, 2.24) is 10.3 Å². The molecule has 27 heavy (non-hydrogen) atoms. The van der Waals surface area contributed by atoms with Crippen LogP contribution in [0.5, 0.6) is 5.88 Å². The van der Waals surface area contributed by atoms with Crippen molar-refractivity contribution in [2.24, 2.45) is 0 Å². The summed E-state index contributed by atoms with van der Waals surface area (Å²) >= 11 is 0. The van der Waals surface area contributed by atoms with Crippen molar-refractivity contribution >= 4 is 11.6 Å². The van der Waals surface area contributed by atoms with Gasteiger partial charge in [-0.3, -0.25) is 4.79 Å². The molecule has 2 N–H and O–H groups in total. The zero-order chi connectivity index (χ0) is 19.3. The van der Waals surface area contributed by atoms with E-state index < -0.39 is 18.7 Å². The Balaban J connectivity index is 1.56. The van der Waals surface area contributed by atoms with Crippen LogP contribution >= 0.6 is 0 Å². The molecule has 2 heterocycles. The van der Waals surface area contributed by atoms with E-state index in [1.807, 2.05) is 12.1 Å². The van der Waals surface area contributed by atoms with Gasteiger partial charge in [0.25, 0.3) is 5.91 Å². The molecule has 9 heteroatoms. The second kappa shape index (κ2) is 8.36. The number of carbonyl (C=O) groups is 1. The Morgan fingerprint density at radius 1 is 1.26 bits per heavy atom. The first-order valence-electron chi connectivity index (χ1n) is 8.30. The summed E-state index contributed by atoms with van der Waals surface area (Å²) in [5.41, 5.74) is 1.80. The number of carbonyl (C=O) groups excluding carboxylic acids is 1. The largest absolute Gasteiger partial charge is 0.468 e. The minimum atomic E-state index is -4.44. The first kappa shape index (κ1) is 19.1. The van der Waals surface area contributed by atoms with Crippen LogP contribution in [-0.2, 0) is 4.74 Å². The van der Waals surface area contributed by atoms with Crippen molar-refractivity contribution in [2.75, 3.05) is 31.6 Å². The highest BCUT2D eigenvalue weighted by Crippen LogP contribution is 2.21. The van der Waals surface area contributed by atoms with E-state index in [9.17, 15) is 18.0 Å². The highest BCUT2D eigenvalue weighted by molar-refractivity contribution is 6.04. The Morgan fingerprint density at radius 2 is 2.04 bits per heavy atom. The van der Waals surface area contributed by atoms with E-state index in [4.69, 9.17) is 4.74 Å².